The third kappa shape index (κ3) is 2.64. The molecule has 1 aromatic rings. The molecule has 112 valence electrons. The Morgan fingerprint density at radius 1 is 1.25 bits per heavy atom. The monoisotopic (exact) mass is 300 g/mol. The minimum atomic E-state index is -3.38. The highest BCUT2D eigenvalue weighted by Gasteiger charge is 2.52. The van der Waals surface area contributed by atoms with Gasteiger partial charge in [-0.25, -0.2) is 8.42 Å². The Labute approximate surface area is 120 Å². The van der Waals surface area contributed by atoms with Crippen molar-refractivity contribution in [1.82, 2.24) is 9.19 Å². The number of nitrogens with zero attached hydrogens (tertiary/aromatic N) is 2. The molecule has 2 heterocycles. The number of aromatic nitrogens is 2. The molecule has 6 nitrogen and oxygen atoms in total. The van der Waals surface area contributed by atoms with Crippen LogP contribution in [-0.2, 0) is 19.3 Å². The standard InChI is InChI=1S/C12H21BN2O4S/c1-6-9-20(16,17)15-8-7-10(14-15)13-18-11(2,3)12(4,5)19-13/h7-8H,6,9H2,1-5H3. The molecule has 0 bridgehead atoms. The fraction of sp³-hybridized carbons (Fsp3) is 0.750. The quantitative estimate of drug-likeness (QED) is 0.768. The van der Waals surface area contributed by atoms with Crippen LogP contribution in [-0.4, -0.2) is 41.7 Å². The Morgan fingerprint density at radius 3 is 2.30 bits per heavy atom. The van der Waals surface area contributed by atoms with Crippen molar-refractivity contribution < 1.29 is 17.7 Å². The number of rotatable bonds is 4. The van der Waals surface area contributed by atoms with Crippen molar-refractivity contribution in [2.75, 3.05) is 5.75 Å². The number of hydrogen-bond acceptors (Lipinski definition) is 5. The Bertz CT molecular complexity index is 578. The van der Waals surface area contributed by atoms with Crippen LogP contribution < -0.4 is 5.59 Å². The highest BCUT2D eigenvalue weighted by Crippen LogP contribution is 2.36. The smallest absolute Gasteiger partial charge is 0.398 e. The molecular weight excluding hydrogens is 279 g/mol. The first kappa shape index (κ1) is 15.5. The van der Waals surface area contributed by atoms with Crippen LogP contribution in [0.5, 0.6) is 0 Å². The predicted octanol–water partition coefficient (Wildman–Crippen LogP) is 0.770. The average Bonchev–Trinajstić information content (AvgIpc) is 2.83. The lowest BCUT2D eigenvalue weighted by Crippen LogP contribution is -2.41. The van der Waals surface area contributed by atoms with Crippen molar-refractivity contribution in [2.24, 2.45) is 0 Å². The molecule has 8 heteroatoms. The second-order valence-electron chi connectivity index (χ2n) is 6.02. The molecule has 0 aromatic carbocycles. The van der Waals surface area contributed by atoms with E-state index < -0.39 is 28.3 Å². The lowest BCUT2D eigenvalue weighted by Gasteiger charge is -2.32. The Kier molecular flexibility index (Phi) is 3.77. The average molecular weight is 300 g/mol. The van der Waals surface area contributed by atoms with Gasteiger partial charge in [-0.05, 0) is 40.2 Å². The highest BCUT2D eigenvalue weighted by atomic mass is 32.2. The second-order valence-corrected chi connectivity index (χ2v) is 7.96. The van der Waals surface area contributed by atoms with Gasteiger partial charge in [0.15, 0.2) is 0 Å². The van der Waals surface area contributed by atoms with Gasteiger partial charge in [-0.15, -0.1) is 0 Å². The Hall–Kier alpha value is -0.855. The molecule has 0 radical (unpaired) electrons. The first-order chi connectivity index (χ1) is 9.09. The Morgan fingerprint density at radius 2 is 1.80 bits per heavy atom. The van der Waals surface area contributed by atoms with E-state index in [1.165, 1.54) is 6.20 Å². The minimum absolute atomic E-state index is 0.0670. The highest BCUT2D eigenvalue weighted by molar-refractivity contribution is 7.89. The summed E-state index contributed by atoms with van der Waals surface area (Å²) < 4.78 is 36.6. The zero-order valence-electron chi connectivity index (χ0n) is 12.6. The van der Waals surface area contributed by atoms with E-state index in [1.54, 1.807) is 6.07 Å². The van der Waals surface area contributed by atoms with E-state index in [1.807, 2.05) is 34.6 Å². The maximum atomic E-state index is 11.9. The molecule has 1 aromatic heterocycles. The summed E-state index contributed by atoms with van der Waals surface area (Å²) >= 11 is 0. The van der Waals surface area contributed by atoms with Crippen LogP contribution in [0.25, 0.3) is 0 Å². The summed E-state index contributed by atoms with van der Waals surface area (Å²) in [6.07, 6.45) is 1.99. The van der Waals surface area contributed by atoms with Crippen LogP contribution in [0.1, 0.15) is 41.0 Å². The normalized spacial score (nSPS) is 21.4. The van der Waals surface area contributed by atoms with Crippen molar-refractivity contribution in [2.45, 2.75) is 52.2 Å². The molecule has 1 aliphatic heterocycles. The molecule has 0 unspecified atom stereocenters. The molecule has 2 rings (SSSR count). The summed E-state index contributed by atoms with van der Waals surface area (Å²) in [5.41, 5.74) is -0.462. The van der Waals surface area contributed by atoms with E-state index >= 15 is 0 Å². The first-order valence-electron chi connectivity index (χ1n) is 6.73. The predicted molar refractivity (Wildman–Crippen MR) is 77.4 cm³/mol. The van der Waals surface area contributed by atoms with Gasteiger partial charge in [0.2, 0.25) is 0 Å². The summed E-state index contributed by atoms with van der Waals surface area (Å²) in [7, 11) is -4.02. The molecule has 0 N–H and O–H groups in total. The third-order valence-corrected chi connectivity index (χ3v) is 5.53. The first-order valence-corrected chi connectivity index (χ1v) is 8.34. The molecule has 0 amide bonds. The SMILES string of the molecule is CCCS(=O)(=O)n1ccc(B2OC(C)(C)C(C)(C)O2)n1. The Balaban J connectivity index is 2.24. The van der Waals surface area contributed by atoms with Gasteiger partial charge < -0.3 is 9.31 Å². The maximum Gasteiger partial charge on any atom is 0.516 e. The molecule has 1 fully saturated rings. The van der Waals surface area contributed by atoms with Crippen molar-refractivity contribution in [3.05, 3.63) is 12.3 Å². The molecule has 0 atom stereocenters. The molecule has 0 saturated carbocycles. The van der Waals surface area contributed by atoms with E-state index in [-0.39, 0.29) is 5.75 Å². The molecule has 1 aliphatic rings. The topological polar surface area (TPSA) is 70.4 Å². The third-order valence-electron chi connectivity index (χ3n) is 3.83. The summed E-state index contributed by atoms with van der Waals surface area (Å²) in [4.78, 5) is 0. The summed E-state index contributed by atoms with van der Waals surface area (Å²) in [5, 5.41) is 4.09. The van der Waals surface area contributed by atoms with Crippen molar-refractivity contribution >= 4 is 22.7 Å². The van der Waals surface area contributed by atoms with Crippen LogP contribution >= 0.6 is 0 Å². The van der Waals surface area contributed by atoms with E-state index in [9.17, 15) is 8.42 Å². The fourth-order valence-electron chi connectivity index (χ4n) is 1.92. The van der Waals surface area contributed by atoms with Crippen LogP contribution in [0, 0.1) is 0 Å². The maximum absolute atomic E-state index is 11.9. The summed E-state index contributed by atoms with van der Waals surface area (Å²) in [6.45, 7) is 9.58. The molecule has 20 heavy (non-hydrogen) atoms. The number of hydrogen-bond donors (Lipinski definition) is 0. The molecule has 0 spiro atoms. The second kappa shape index (κ2) is 4.86. The van der Waals surface area contributed by atoms with E-state index in [0.29, 0.717) is 12.0 Å². The summed E-state index contributed by atoms with van der Waals surface area (Å²) in [5.74, 6) is 0.0670. The van der Waals surface area contributed by atoms with E-state index in [0.717, 1.165) is 4.09 Å². The van der Waals surface area contributed by atoms with Crippen molar-refractivity contribution in [1.29, 1.82) is 0 Å². The van der Waals surface area contributed by atoms with Gasteiger partial charge in [-0.1, -0.05) is 6.92 Å². The van der Waals surface area contributed by atoms with Crippen LogP contribution in [0.2, 0.25) is 0 Å². The van der Waals surface area contributed by atoms with Gasteiger partial charge >= 0.3 is 7.12 Å². The van der Waals surface area contributed by atoms with E-state index in [4.69, 9.17) is 9.31 Å². The van der Waals surface area contributed by atoms with Crippen molar-refractivity contribution in [3.63, 3.8) is 0 Å². The lowest BCUT2D eigenvalue weighted by atomic mass is 9.85. The van der Waals surface area contributed by atoms with Gasteiger partial charge in [0, 0.05) is 6.20 Å². The minimum Gasteiger partial charge on any atom is -0.398 e. The van der Waals surface area contributed by atoms with Gasteiger partial charge in [0.25, 0.3) is 10.0 Å². The zero-order chi connectivity index (χ0) is 15.2. The molecule has 1 saturated heterocycles. The van der Waals surface area contributed by atoms with Gasteiger partial charge in [0.1, 0.15) is 0 Å². The van der Waals surface area contributed by atoms with Gasteiger partial charge in [-0.2, -0.15) is 9.19 Å². The fourth-order valence-corrected chi connectivity index (χ4v) is 3.08. The molecular formula is C12H21BN2O4S. The van der Waals surface area contributed by atoms with Gasteiger partial charge in [-0.3, -0.25) is 0 Å². The van der Waals surface area contributed by atoms with Crippen LogP contribution in [0.3, 0.4) is 0 Å². The van der Waals surface area contributed by atoms with Crippen molar-refractivity contribution in [3.8, 4) is 0 Å². The zero-order valence-corrected chi connectivity index (χ0v) is 13.4. The summed E-state index contributed by atoms with van der Waals surface area (Å²) in [6, 6.07) is 1.62. The van der Waals surface area contributed by atoms with Gasteiger partial charge in [0.05, 0.1) is 22.5 Å². The van der Waals surface area contributed by atoms with Crippen LogP contribution in [0.15, 0.2) is 12.3 Å². The largest absolute Gasteiger partial charge is 0.516 e. The van der Waals surface area contributed by atoms with E-state index in [2.05, 4.69) is 5.10 Å². The van der Waals surface area contributed by atoms with Crippen LogP contribution in [0.4, 0.5) is 0 Å². The molecule has 0 aliphatic carbocycles. The lowest BCUT2D eigenvalue weighted by molar-refractivity contribution is 0.00578.